The number of alkyl halides is 1. The van der Waals surface area contributed by atoms with E-state index in [0.29, 0.717) is 119 Å². The van der Waals surface area contributed by atoms with Crippen LogP contribution in [-0.4, -0.2) is 137 Å². The lowest BCUT2D eigenvalue weighted by atomic mass is 10.3. The summed E-state index contributed by atoms with van der Waals surface area (Å²) < 4.78 is 55.3. The van der Waals surface area contributed by atoms with Gasteiger partial charge in [0.05, 0.1) is 126 Å². The summed E-state index contributed by atoms with van der Waals surface area (Å²) in [6.45, 7) is 13.9. The van der Waals surface area contributed by atoms with Crippen molar-refractivity contribution in [3.8, 4) is 0 Å². The molecule has 0 N–H and O–H groups in total. The lowest BCUT2D eigenvalue weighted by Crippen LogP contribution is -2.15. The van der Waals surface area contributed by atoms with Crippen LogP contribution in [0.25, 0.3) is 0 Å². The van der Waals surface area contributed by atoms with Crippen molar-refractivity contribution in [1.29, 1.82) is 0 Å². The van der Waals surface area contributed by atoms with Gasteiger partial charge in [0.25, 0.3) is 0 Å². The van der Waals surface area contributed by atoms with Gasteiger partial charge < -0.3 is 47.4 Å². The first-order valence-corrected chi connectivity index (χ1v) is 14.8. The molecule has 0 unspecified atom stereocenters. The fraction of sp³-hybridized carbons (Fsp3) is 1.00. The van der Waals surface area contributed by atoms with Gasteiger partial charge in [0, 0.05) is 11.0 Å². The lowest BCUT2D eigenvalue weighted by molar-refractivity contribution is -0.0262. The van der Waals surface area contributed by atoms with Crippen molar-refractivity contribution in [3.63, 3.8) is 0 Å². The van der Waals surface area contributed by atoms with Crippen molar-refractivity contribution >= 4 is 22.6 Å². The van der Waals surface area contributed by atoms with E-state index in [-0.39, 0.29) is 0 Å². The average Bonchev–Trinajstić information content (AvgIpc) is 2.89. The van der Waals surface area contributed by atoms with Crippen molar-refractivity contribution in [3.05, 3.63) is 0 Å². The Morgan fingerprint density at radius 3 is 0.750 bits per heavy atom. The molecule has 0 spiro atoms. The first-order chi connectivity index (χ1) is 17.9. The van der Waals surface area contributed by atoms with Crippen LogP contribution in [0.5, 0.6) is 0 Å². The number of ether oxygens (including phenoxy) is 10. The summed E-state index contributed by atoms with van der Waals surface area (Å²) in [4.78, 5) is 0. The second kappa shape index (κ2) is 35.3. The Bertz CT molecular complexity index is 349. The highest BCUT2D eigenvalue weighted by molar-refractivity contribution is 14.1. The zero-order valence-corrected chi connectivity index (χ0v) is 24.6. The Labute approximate surface area is 232 Å². The molecule has 0 aliphatic rings. The van der Waals surface area contributed by atoms with Crippen LogP contribution in [0, 0.1) is 0 Å². The summed E-state index contributed by atoms with van der Waals surface area (Å²) in [7, 11) is 0. The van der Waals surface area contributed by atoms with Gasteiger partial charge in [-0.05, 0) is 6.42 Å². The highest BCUT2D eigenvalue weighted by Gasteiger charge is 1.96. The summed E-state index contributed by atoms with van der Waals surface area (Å²) in [5.74, 6) is 0. The first-order valence-electron chi connectivity index (χ1n) is 13.2. The molecular formula is C25H51IO10. The van der Waals surface area contributed by atoms with Gasteiger partial charge in [-0.25, -0.2) is 0 Å². The second-order valence-electron chi connectivity index (χ2n) is 7.52. The van der Waals surface area contributed by atoms with Gasteiger partial charge in [-0.15, -0.1) is 0 Å². The van der Waals surface area contributed by atoms with Crippen molar-refractivity contribution in [2.45, 2.75) is 26.2 Å². The van der Waals surface area contributed by atoms with Crippen LogP contribution < -0.4 is 0 Å². The van der Waals surface area contributed by atoms with Crippen molar-refractivity contribution in [2.75, 3.05) is 137 Å². The van der Waals surface area contributed by atoms with Gasteiger partial charge in [-0.3, -0.25) is 0 Å². The maximum absolute atomic E-state index is 5.47. The largest absolute Gasteiger partial charge is 0.379 e. The molecule has 10 nitrogen and oxygen atoms in total. The third-order valence-corrected chi connectivity index (χ3v) is 4.90. The number of hydrogen-bond donors (Lipinski definition) is 0. The third kappa shape index (κ3) is 34.3. The Morgan fingerprint density at radius 2 is 0.528 bits per heavy atom. The average molecular weight is 639 g/mol. The number of rotatable bonds is 33. The van der Waals surface area contributed by atoms with Crippen molar-refractivity contribution in [2.24, 2.45) is 0 Å². The smallest absolute Gasteiger partial charge is 0.0701 e. The molecule has 11 heteroatoms. The zero-order chi connectivity index (χ0) is 26.0. The summed E-state index contributed by atoms with van der Waals surface area (Å²) in [6, 6.07) is 0. The summed E-state index contributed by atoms with van der Waals surface area (Å²) in [5, 5.41) is 0. The van der Waals surface area contributed by atoms with Crippen molar-refractivity contribution < 1.29 is 47.4 Å². The monoisotopic (exact) mass is 638 g/mol. The Hall–Kier alpha value is 0.330. The highest BCUT2D eigenvalue weighted by Crippen LogP contribution is 1.94. The Kier molecular flexibility index (Phi) is 35.7. The fourth-order valence-corrected chi connectivity index (χ4v) is 2.90. The minimum atomic E-state index is 0.533. The van der Waals surface area contributed by atoms with Crippen LogP contribution in [0.2, 0.25) is 0 Å². The molecule has 218 valence electrons. The van der Waals surface area contributed by atoms with Crippen LogP contribution in [0.1, 0.15) is 26.2 Å². The molecule has 0 aliphatic carbocycles. The molecule has 0 radical (unpaired) electrons. The van der Waals surface area contributed by atoms with E-state index in [1.807, 2.05) is 0 Å². The maximum Gasteiger partial charge on any atom is 0.0701 e. The first kappa shape index (κ1) is 36.3. The Balaban J connectivity index is 3.00. The van der Waals surface area contributed by atoms with E-state index < -0.39 is 0 Å². The summed E-state index contributed by atoms with van der Waals surface area (Å²) in [6.07, 6.45) is 3.56. The highest BCUT2D eigenvalue weighted by atomic mass is 127. The predicted octanol–water partition coefficient (Wildman–Crippen LogP) is 2.78. The molecule has 0 amide bonds. The molecule has 0 aliphatic heterocycles. The molecule has 0 heterocycles. The van der Waals surface area contributed by atoms with Crippen LogP contribution in [0.15, 0.2) is 0 Å². The number of hydrogen-bond acceptors (Lipinski definition) is 10. The van der Waals surface area contributed by atoms with E-state index in [0.717, 1.165) is 24.1 Å². The molecule has 0 saturated heterocycles. The molecule has 0 fully saturated rings. The molecular weight excluding hydrogens is 587 g/mol. The van der Waals surface area contributed by atoms with E-state index in [1.165, 1.54) is 12.8 Å². The van der Waals surface area contributed by atoms with Gasteiger partial charge in [0.1, 0.15) is 0 Å². The molecule has 0 aromatic carbocycles. The van der Waals surface area contributed by atoms with Crippen LogP contribution in [0.3, 0.4) is 0 Å². The molecule has 0 bridgehead atoms. The SMILES string of the molecule is CCCCCOCCOCCOCCOCCOCCOCCOCCOCCOCCOCCI. The molecule has 0 aromatic rings. The van der Waals surface area contributed by atoms with Crippen molar-refractivity contribution in [1.82, 2.24) is 0 Å². The topological polar surface area (TPSA) is 92.3 Å². The number of halogens is 1. The standard InChI is InChI=1S/C25H51IO10/c1-2-3-4-6-27-8-10-29-12-14-31-16-18-33-20-22-35-24-25-36-23-21-34-19-17-32-15-13-30-11-9-28-7-5-26/h2-25H2,1H3. The third-order valence-electron chi connectivity index (χ3n) is 4.46. The molecule has 0 rings (SSSR count). The quantitative estimate of drug-likeness (QED) is 0.0608. The fourth-order valence-electron chi connectivity index (χ4n) is 2.59. The van der Waals surface area contributed by atoms with E-state index in [2.05, 4.69) is 29.5 Å². The van der Waals surface area contributed by atoms with E-state index in [1.54, 1.807) is 0 Å². The maximum atomic E-state index is 5.47. The lowest BCUT2D eigenvalue weighted by Gasteiger charge is -2.09. The molecule has 0 aromatic heterocycles. The van der Waals surface area contributed by atoms with Gasteiger partial charge in [-0.1, -0.05) is 42.4 Å². The summed E-state index contributed by atoms with van der Waals surface area (Å²) >= 11 is 2.28. The van der Waals surface area contributed by atoms with Gasteiger partial charge in [0.15, 0.2) is 0 Å². The molecule has 0 atom stereocenters. The van der Waals surface area contributed by atoms with Gasteiger partial charge in [0.2, 0.25) is 0 Å². The zero-order valence-electron chi connectivity index (χ0n) is 22.4. The van der Waals surface area contributed by atoms with Gasteiger partial charge >= 0.3 is 0 Å². The summed E-state index contributed by atoms with van der Waals surface area (Å²) in [5.41, 5.74) is 0. The van der Waals surface area contributed by atoms with E-state index in [9.17, 15) is 0 Å². The molecule has 0 saturated carbocycles. The number of unbranched alkanes of at least 4 members (excludes halogenated alkanes) is 2. The predicted molar refractivity (Wildman–Crippen MR) is 147 cm³/mol. The minimum Gasteiger partial charge on any atom is -0.379 e. The van der Waals surface area contributed by atoms with E-state index in [4.69, 9.17) is 47.4 Å². The second-order valence-corrected chi connectivity index (χ2v) is 8.60. The molecule has 36 heavy (non-hydrogen) atoms. The van der Waals surface area contributed by atoms with E-state index >= 15 is 0 Å². The van der Waals surface area contributed by atoms with Crippen LogP contribution in [-0.2, 0) is 47.4 Å². The minimum absolute atomic E-state index is 0.533. The van der Waals surface area contributed by atoms with Crippen LogP contribution in [0.4, 0.5) is 0 Å². The van der Waals surface area contributed by atoms with Gasteiger partial charge in [-0.2, -0.15) is 0 Å². The normalized spacial score (nSPS) is 11.5. The Morgan fingerprint density at radius 1 is 0.306 bits per heavy atom. The van der Waals surface area contributed by atoms with Crippen LogP contribution >= 0.6 is 22.6 Å².